The molecule has 0 aromatic carbocycles. The molecule has 0 fully saturated rings. The number of nitrogens with two attached hydrogens (primary N) is 1. The molecule has 2 rings (SSSR count). The average molecular weight is 205 g/mol. The number of rotatable bonds is 3. The molecule has 0 aliphatic carbocycles. The summed E-state index contributed by atoms with van der Waals surface area (Å²) in [6.45, 7) is 0.490. The van der Waals surface area contributed by atoms with Crippen LogP contribution in [0.4, 0.5) is 11.6 Å². The lowest BCUT2D eigenvalue weighted by Gasteiger charge is -2.05. The topological polar surface area (TPSA) is 97.0 Å². The van der Waals surface area contributed by atoms with Crippen LogP contribution in [0.15, 0.2) is 18.5 Å². The first-order valence-corrected chi connectivity index (χ1v) is 4.53. The molecule has 0 aliphatic rings. The highest BCUT2D eigenvalue weighted by Gasteiger charge is 2.03. The van der Waals surface area contributed by atoms with Gasteiger partial charge in [-0.1, -0.05) is 0 Å². The van der Waals surface area contributed by atoms with Gasteiger partial charge in [0.05, 0.1) is 12.0 Å². The maximum Gasteiger partial charge on any atom is 0.166 e. The molecule has 6 nitrogen and oxygen atoms in total. The summed E-state index contributed by atoms with van der Waals surface area (Å²) >= 11 is 0. The van der Waals surface area contributed by atoms with E-state index in [1.165, 1.54) is 6.33 Å². The maximum atomic E-state index is 8.70. The van der Waals surface area contributed by atoms with Crippen molar-refractivity contribution in [2.24, 2.45) is 0 Å². The lowest BCUT2D eigenvalue weighted by molar-refractivity contribution is 0.311. The van der Waals surface area contributed by atoms with Crippen LogP contribution in [0, 0.1) is 0 Å². The fourth-order valence-electron chi connectivity index (χ4n) is 1.27. The van der Waals surface area contributed by atoms with Gasteiger partial charge in [0.1, 0.15) is 18.0 Å². The Labute approximate surface area is 86.2 Å². The average Bonchev–Trinajstić information content (AvgIpc) is 2.25. The van der Waals surface area contributed by atoms with E-state index in [0.717, 1.165) is 5.39 Å². The molecule has 6 heteroatoms. The van der Waals surface area contributed by atoms with Crippen LogP contribution in [-0.4, -0.2) is 33.2 Å². The van der Waals surface area contributed by atoms with E-state index in [-0.39, 0.29) is 6.61 Å². The first-order chi connectivity index (χ1) is 7.31. The SMILES string of the molecule is Nc1ccc2c(NCCO)ncnc2n1. The van der Waals surface area contributed by atoms with Crippen molar-refractivity contribution in [1.29, 1.82) is 0 Å². The van der Waals surface area contributed by atoms with Gasteiger partial charge in [0.15, 0.2) is 5.65 Å². The molecule has 0 atom stereocenters. The van der Waals surface area contributed by atoms with Gasteiger partial charge in [-0.3, -0.25) is 0 Å². The highest BCUT2D eigenvalue weighted by Crippen LogP contribution is 2.17. The zero-order valence-electron chi connectivity index (χ0n) is 8.01. The van der Waals surface area contributed by atoms with Gasteiger partial charge < -0.3 is 16.2 Å². The van der Waals surface area contributed by atoms with Gasteiger partial charge in [0.2, 0.25) is 0 Å². The highest BCUT2D eigenvalue weighted by molar-refractivity contribution is 5.86. The molecule has 0 aliphatic heterocycles. The number of aliphatic hydroxyl groups is 1. The summed E-state index contributed by atoms with van der Waals surface area (Å²) in [5, 5.41) is 12.5. The normalized spacial score (nSPS) is 10.5. The van der Waals surface area contributed by atoms with Crippen molar-refractivity contribution < 1.29 is 5.11 Å². The molecule has 78 valence electrons. The number of anilines is 2. The van der Waals surface area contributed by atoms with Gasteiger partial charge in [-0.2, -0.15) is 0 Å². The van der Waals surface area contributed by atoms with Gasteiger partial charge in [0.25, 0.3) is 0 Å². The summed E-state index contributed by atoms with van der Waals surface area (Å²) in [4.78, 5) is 12.1. The van der Waals surface area contributed by atoms with Gasteiger partial charge in [-0.25, -0.2) is 15.0 Å². The first-order valence-electron chi connectivity index (χ1n) is 4.53. The predicted octanol–water partition coefficient (Wildman–Crippen LogP) is 0.0112. The monoisotopic (exact) mass is 205 g/mol. The second-order valence-corrected chi connectivity index (χ2v) is 2.98. The van der Waals surface area contributed by atoms with Crippen molar-refractivity contribution in [3.05, 3.63) is 18.5 Å². The fraction of sp³-hybridized carbons (Fsp3) is 0.222. The zero-order valence-corrected chi connectivity index (χ0v) is 8.01. The van der Waals surface area contributed by atoms with Crippen LogP contribution in [0.3, 0.4) is 0 Å². The Bertz CT molecular complexity index is 473. The third-order valence-corrected chi connectivity index (χ3v) is 1.92. The van der Waals surface area contributed by atoms with E-state index in [1.54, 1.807) is 12.1 Å². The molecular formula is C9H11N5O. The minimum Gasteiger partial charge on any atom is -0.395 e. The Morgan fingerprint density at radius 1 is 1.33 bits per heavy atom. The number of fused-ring (bicyclic) bond motifs is 1. The van der Waals surface area contributed by atoms with E-state index in [0.29, 0.717) is 23.8 Å². The van der Waals surface area contributed by atoms with Crippen LogP contribution >= 0.6 is 0 Å². The molecule has 0 radical (unpaired) electrons. The largest absolute Gasteiger partial charge is 0.395 e. The Morgan fingerprint density at radius 2 is 2.20 bits per heavy atom. The minimum atomic E-state index is 0.0495. The minimum absolute atomic E-state index is 0.0495. The molecule has 2 aromatic heterocycles. The summed E-state index contributed by atoms with van der Waals surface area (Å²) in [6, 6.07) is 3.49. The molecular weight excluding hydrogens is 194 g/mol. The van der Waals surface area contributed by atoms with Crippen LogP contribution in [0.2, 0.25) is 0 Å². The fourth-order valence-corrected chi connectivity index (χ4v) is 1.27. The van der Waals surface area contributed by atoms with Crippen molar-refractivity contribution in [3.8, 4) is 0 Å². The van der Waals surface area contributed by atoms with Gasteiger partial charge in [-0.15, -0.1) is 0 Å². The van der Waals surface area contributed by atoms with Crippen LogP contribution in [0.5, 0.6) is 0 Å². The molecule has 0 spiro atoms. The smallest absolute Gasteiger partial charge is 0.166 e. The Kier molecular flexibility index (Phi) is 2.59. The van der Waals surface area contributed by atoms with Gasteiger partial charge in [0, 0.05) is 6.54 Å². The van der Waals surface area contributed by atoms with E-state index in [9.17, 15) is 0 Å². The third-order valence-electron chi connectivity index (χ3n) is 1.92. The second kappa shape index (κ2) is 4.05. The van der Waals surface area contributed by atoms with Crippen LogP contribution < -0.4 is 11.1 Å². The number of aromatic nitrogens is 3. The van der Waals surface area contributed by atoms with E-state index < -0.39 is 0 Å². The van der Waals surface area contributed by atoms with Crippen LogP contribution in [-0.2, 0) is 0 Å². The van der Waals surface area contributed by atoms with E-state index >= 15 is 0 Å². The summed E-state index contributed by atoms with van der Waals surface area (Å²) in [6.07, 6.45) is 1.41. The predicted molar refractivity (Wildman–Crippen MR) is 57.3 cm³/mol. The number of nitrogens with one attached hydrogen (secondary N) is 1. The molecule has 2 heterocycles. The number of nitrogen functional groups attached to an aromatic ring is 1. The second-order valence-electron chi connectivity index (χ2n) is 2.98. The molecule has 2 aromatic rings. The van der Waals surface area contributed by atoms with Crippen molar-refractivity contribution in [3.63, 3.8) is 0 Å². The quantitative estimate of drug-likeness (QED) is 0.653. The number of hydrogen-bond acceptors (Lipinski definition) is 6. The Balaban J connectivity index is 2.46. The van der Waals surface area contributed by atoms with Gasteiger partial charge in [-0.05, 0) is 12.1 Å². The third kappa shape index (κ3) is 1.94. The number of pyridine rings is 1. The summed E-state index contributed by atoms with van der Waals surface area (Å²) < 4.78 is 0. The zero-order chi connectivity index (χ0) is 10.7. The number of aliphatic hydroxyl groups excluding tert-OH is 1. The number of hydrogen-bond donors (Lipinski definition) is 3. The standard InChI is InChI=1S/C9H11N5O/c10-7-2-1-6-8(11-3-4-15)12-5-13-9(6)14-7/h1-2,5,15H,3-4H2,(H3,10,11,12,13,14). The van der Waals surface area contributed by atoms with E-state index in [2.05, 4.69) is 20.3 Å². The van der Waals surface area contributed by atoms with Crippen molar-refractivity contribution in [2.75, 3.05) is 24.2 Å². The lowest BCUT2D eigenvalue weighted by Crippen LogP contribution is -2.08. The van der Waals surface area contributed by atoms with E-state index in [1.807, 2.05) is 0 Å². The van der Waals surface area contributed by atoms with Crippen molar-refractivity contribution in [2.45, 2.75) is 0 Å². The van der Waals surface area contributed by atoms with E-state index in [4.69, 9.17) is 10.8 Å². The van der Waals surface area contributed by atoms with Gasteiger partial charge >= 0.3 is 0 Å². The molecule has 0 bridgehead atoms. The molecule has 0 unspecified atom stereocenters. The highest BCUT2D eigenvalue weighted by atomic mass is 16.3. The molecule has 0 amide bonds. The molecule has 15 heavy (non-hydrogen) atoms. The lowest BCUT2D eigenvalue weighted by atomic mass is 10.3. The number of nitrogens with zero attached hydrogens (tertiary/aromatic N) is 3. The first kappa shape index (κ1) is 9.60. The molecule has 4 N–H and O–H groups in total. The van der Waals surface area contributed by atoms with Crippen LogP contribution in [0.1, 0.15) is 0 Å². The van der Waals surface area contributed by atoms with Crippen LogP contribution in [0.25, 0.3) is 11.0 Å². The maximum absolute atomic E-state index is 8.70. The van der Waals surface area contributed by atoms with Crippen molar-refractivity contribution >= 4 is 22.7 Å². The molecule has 0 saturated carbocycles. The Hall–Kier alpha value is -1.95. The molecule has 0 saturated heterocycles. The summed E-state index contributed by atoms with van der Waals surface area (Å²) in [5.74, 6) is 1.08. The summed E-state index contributed by atoms with van der Waals surface area (Å²) in [5.41, 5.74) is 6.09. The van der Waals surface area contributed by atoms with Crippen molar-refractivity contribution in [1.82, 2.24) is 15.0 Å². The summed E-state index contributed by atoms with van der Waals surface area (Å²) in [7, 11) is 0. The Morgan fingerprint density at radius 3 is 3.00 bits per heavy atom.